The van der Waals surface area contributed by atoms with Crippen molar-refractivity contribution in [1.82, 2.24) is 14.5 Å². The molecule has 2 aliphatic rings. The monoisotopic (exact) mass is 907 g/mol. The lowest BCUT2D eigenvalue weighted by Gasteiger charge is -2.27. The van der Waals surface area contributed by atoms with Gasteiger partial charge in [0, 0.05) is 43.6 Å². The van der Waals surface area contributed by atoms with Crippen LogP contribution in [0.4, 0.5) is 0 Å². The Bertz CT molecular complexity index is 4490. The van der Waals surface area contributed by atoms with Gasteiger partial charge in [-0.3, -0.25) is 0 Å². The molecule has 0 saturated heterocycles. The largest absolute Gasteiger partial charge is 0.344 e. The summed E-state index contributed by atoms with van der Waals surface area (Å²) >= 11 is 0. The maximum atomic E-state index is 5.58. The minimum Gasteiger partial charge on any atom is -0.344 e. The second-order valence-corrected chi connectivity index (χ2v) is 19.4. The van der Waals surface area contributed by atoms with Crippen LogP contribution in [0.1, 0.15) is 40.9 Å². The lowest BCUT2D eigenvalue weighted by atomic mass is 9.84. The smallest absolute Gasteiger partial charge is 0.160 e. The molecule has 0 spiro atoms. The summed E-state index contributed by atoms with van der Waals surface area (Å²) in [6.07, 6.45) is 5.29. The highest BCUT2D eigenvalue weighted by molar-refractivity contribution is 6.24. The van der Waals surface area contributed by atoms with E-state index in [-0.39, 0.29) is 6.17 Å². The van der Waals surface area contributed by atoms with Crippen LogP contribution in [0, 0.1) is 5.92 Å². The average molecular weight is 908 g/mol. The van der Waals surface area contributed by atoms with Crippen LogP contribution in [0.3, 0.4) is 0 Å². The lowest BCUT2D eigenvalue weighted by Crippen LogP contribution is -2.33. The van der Waals surface area contributed by atoms with Crippen LogP contribution in [-0.2, 0) is 6.42 Å². The van der Waals surface area contributed by atoms with Gasteiger partial charge >= 0.3 is 0 Å². The summed E-state index contributed by atoms with van der Waals surface area (Å²) in [5.74, 6) is 2.00. The van der Waals surface area contributed by atoms with Crippen LogP contribution < -0.4 is 5.32 Å². The van der Waals surface area contributed by atoms with Gasteiger partial charge in [-0.05, 0) is 116 Å². The zero-order valence-corrected chi connectivity index (χ0v) is 39.0. The van der Waals surface area contributed by atoms with Crippen LogP contribution in [0.2, 0.25) is 0 Å². The van der Waals surface area contributed by atoms with Crippen LogP contribution in [0.15, 0.2) is 228 Å². The number of hydrogen-bond acceptors (Lipinski definition) is 3. The van der Waals surface area contributed by atoms with Crippen molar-refractivity contribution in [3.63, 3.8) is 0 Å². The van der Waals surface area contributed by atoms with Gasteiger partial charge in [0.05, 0.1) is 33.4 Å². The molecule has 1 aliphatic heterocycles. The second-order valence-electron chi connectivity index (χ2n) is 19.4. The maximum absolute atomic E-state index is 5.58. The third kappa shape index (κ3) is 6.06. The van der Waals surface area contributed by atoms with Crippen molar-refractivity contribution in [2.75, 3.05) is 0 Å². The van der Waals surface area contributed by atoms with Gasteiger partial charge in [-0.1, -0.05) is 177 Å². The highest BCUT2D eigenvalue weighted by Crippen LogP contribution is 2.44. The van der Waals surface area contributed by atoms with Crippen LogP contribution >= 0.6 is 0 Å². The van der Waals surface area contributed by atoms with E-state index in [1.807, 2.05) is 0 Å². The first-order valence-electron chi connectivity index (χ1n) is 24.7. The third-order valence-corrected chi connectivity index (χ3v) is 15.3. The average Bonchev–Trinajstić information content (AvgIpc) is 3.94. The third-order valence-electron chi connectivity index (χ3n) is 15.3. The van der Waals surface area contributed by atoms with Crippen molar-refractivity contribution in [1.29, 1.82) is 0 Å². The topological polar surface area (TPSA) is 46.6 Å². The molecular formula is C66H45N5. The first kappa shape index (κ1) is 39.9. The quantitative estimate of drug-likeness (QED) is 0.184. The molecule has 0 amide bonds. The molecule has 11 aromatic carbocycles. The van der Waals surface area contributed by atoms with Gasteiger partial charge in [-0.2, -0.15) is 0 Å². The van der Waals surface area contributed by atoms with Crippen LogP contribution in [0.25, 0.3) is 104 Å². The Labute approximate surface area is 410 Å². The van der Waals surface area contributed by atoms with Gasteiger partial charge in [-0.15, -0.1) is 0 Å². The number of aromatic nitrogens is 2. The van der Waals surface area contributed by atoms with Crippen molar-refractivity contribution < 1.29 is 0 Å². The molecule has 334 valence electrons. The summed E-state index contributed by atoms with van der Waals surface area (Å²) in [6.45, 7) is 2.30. The fourth-order valence-corrected chi connectivity index (χ4v) is 12.1. The van der Waals surface area contributed by atoms with Gasteiger partial charge in [0.1, 0.15) is 12.0 Å². The van der Waals surface area contributed by atoms with E-state index in [1.165, 1.54) is 76.0 Å². The standard InChI is InChI=1S/C66H45N5/c1-40-30-31-45-38-54(48-23-10-9-22-47(48)53(45)36-40)66-68-64(42-17-3-2-4-18-42)67-65(69-66)51-33-35-57(50-25-12-11-24-49(50)51)71-59-29-15-28-58(63(59)55-37-43-19-5-6-20-44(43)39-61(55)71)70-56-27-14-13-26-52(56)62-46-21-8-7-16-41(46)32-34-60(62)70/h2-35,37-40,66H,36H2,1H3,(H,67,68,69). The van der Waals surface area contributed by atoms with Crippen molar-refractivity contribution >= 4 is 104 Å². The first-order valence-corrected chi connectivity index (χ1v) is 24.7. The van der Waals surface area contributed by atoms with E-state index in [9.17, 15) is 0 Å². The van der Waals surface area contributed by atoms with E-state index in [0.717, 1.165) is 62.1 Å². The molecule has 2 atom stereocenters. The summed E-state index contributed by atoms with van der Waals surface area (Å²) in [5.41, 5.74) is 12.8. The summed E-state index contributed by atoms with van der Waals surface area (Å²) in [4.78, 5) is 11.0. The Hall–Kier alpha value is -9.06. The number of para-hydroxylation sites is 1. The number of nitrogens with zero attached hydrogens (tertiary/aromatic N) is 4. The van der Waals surface area contributed by atoms with Crippen molar-refractivity contribution in [3.8, 4) is 11.4 Å². The maximum Gasteiger partial charge on any atom is 0.160 e. The molecule has 0 saturated carbocycles. The van der Waals surface area contributed by atoms with E-state index in [2.05, 4.69) is 246 Å². The summed E-state index contributed by atoms with van der Waals surface area (Å²) in [5, 5.41) is 18.4. The predicted molar refractivity (Wildman–Crippen MR) is 299 cm³/mol. The molecular weight excluding hydrogens is 863 g/mol. The molecule has 0 radical (unpaired) electrons. The molecule has 0 bridgehead atoms. The second kappa shape index (κ2) is 15.5. The number of benzene rings is 11. The van der Waals surface area contributed by atoms with Gasteiger partial charge in [-0.25, -0.2) is 9.98 Å². The number of aliphatic imine (C=N–C) groups is 2. The first-order chi connectivity index (χ1) is 35.1. The normalized spacial score (nSPS) is 15.8. The Kier molecular flexibility index (Phi) is 8.69. The molecule has 13 aromatic rings. The minimum absolute atomic E-state index is 0.373. The number of amidine groups is 2. The zero-order chi connectivity index (χ0) is 46.7. The predicted octanol–water partition coefficient (Wildman–Crippen LogP) is 16.2. The Morgan fingerprint density at radius 1 is 0.465 bits per heavy atom. The molecule has 2 aromatic heterocycles. The number of rotatable bonds is 5. The molecule has 1 aliphatic carbocycles. The van der Waals surface area contributed by atoms with Gasteiger partial charge in [0.2, 0.25) is 0 Å². The van der Waals surface area contributed by atoms with Crippen molar-refractivity contribution in [2.45, 2.75) is 19.5 Å². The SMILES string of the molecule is CC1C=Cc2cc(C3N=C(c4ccc(-n5c6cc7ccccc7cc6c6c(-n7c8ccccc8c8c9ccccc9ccc87)cccc65)c5ccccc45)N=C(c4ccccc4)N3)c3ccccc3c2C1. The van der Waals surface area contributed by atoms with Gasteiger partial charge in [0.25, 0.3) is 0 Å². The summed E-state index contributed by atoms with van der Waals surface area (Å²) in [7, 11) is 0. The number of fused-ring (bicyclic) bond motifs is 13. The van der Waals surface area contributed by atoms with E-state index >= 15 is 0 Å². The number of allylic oxidation sites excluding steroid dienone is 1. The van der Waals surface area contributed by atoms with Crippen LogP contribution in [0.5, 0.6) is 0 Å². The fraction of sp³-hybridized carbons (Fsp3) is 0.0606. The van der Waals surface area contributed by atoms with Crippen LogP contribution in [-0.4, -0.2) is 20.8 Å². The van der Waals surface area contributed by atoms with E-state index in [4.69, 9.17) is 9.98 Å². The van der Waals surface area contributed by atoms with E-state index < -0.39 is 0 Å². The molecule has 3 heterocycles. The Morgan fingerprint density at radius 2 is 1.13 bits per heavy atom. The zero-order valence-electron chi connectivity index (χ0n) is 39.0. The Balaban J connectivity index is 0.976. The van der Waals surface area contributed by atoms with Crippen molar-refractivity contribution in [2.24, 2.45) is 15.9 Å². The highest BCUT2D eigenvalue weighted by atomic mass is 15.2. The molecule has 1 N–H and O–H groups in total. The molecule has 5 nitrogen and oxygen atoms in total. The van der Waals surface area contributed by atoms with E-state index in [0.29, 0.717) is 11.8 Å². The lowest BCUT2D eigenvalue weighted by molar-refractivity contribution is 0.677. The minimum atomic E-state index is -0.373. The molecule has 2 unspecified atom stereocenters. The summed E-state index contributed by atoms with van der Waals surface area (Å²) < 4.78 is 4.99. The molecule has 5 heteroatoms. The van der Waals surface area contributed by atoms with E-state index in [1.54, 1.807) is 0 Å². The number of hydrogen-bond donors (Lipinski definition) is 1. The Morgan fingerprint density at radius 3 is 1.97 bits per heavy atom. The molecule has 71 heavy (non-hydrogen) atoms. The van der Waals surface area contributed by atoms with Crippen molar-refractivity contribution in [3.05, 3.63) is 246 Å². The fourth-order valence-electron chi connectivity index (χ4n) is 12.1. The molecule has 0 fully saturated rings. The molecule has 15 rings (SSSR count). The van der Waals surface area contributed by atoms with Gasteiger partial charge in [0.15, 0.2) is 5.84 Å². The summed E-state index contributed by atoms with van der Waals surface area (Å²) in [6, 6.07) is 77.6. The number of nitrogens with one attached hydrogen (secondary N) is 1. The van der Waals surface area contributed by atoms with Gasteiger partial charge < -0.3 is 14.5 Å². The highest BCUT2D eigenvalue weighted by Gasteiger charge is 2.27.